The Balaban J connectivity index is 2.91. The van der Waals surface area contributed by atoms with Crippen LogP contribution in [0.15, 0.2) is 5.38 Å². The van der Waals surface area contributed by atoms with E-state index in [0.717, 1.165) is 30.0 Å². The Labute approximate surface area is 95.7 Å². The zero-order valence-corrected chi connectivity index (χ0v) is 10.6. The second-order valence-electron chi connectivity index (χ2n) is 3.59. The molecule has 0 amide bonds. The minimum absolute atomic E-state index is 0.197. The lowest BCUT2D eigenvalue weighted by atomic mass is 9.98. The fourth-order valence-corrected chi connectivity index (χ4v) is 2.88. The highest BCUT2D eigenvalue weighted by atomic mass is 32.1. The van der Waals surface area contributed by atoms with E-state index in [1.54, 1.807) is 18.4 Å². The molecule has 0 unspecified atom stereocenters. The summed E-state index contributed by atoms with van der Waals surface area (Å²) >= 11 is 1.68. The van der Waals surface area contributed by atoms with Gasteiger partial charge in [0.2, 0.25) is 0 Å². The molecule has 4 heteroatoms. The first-order chi connectivity index (χ1) is 7.22. The fourth-order valence-electron chi connectivity index (χ4n) is 1.71. The second-order valence-corrected chi connectivity index (χ2v) is 4.45. The van der Waals surface area contributed by atoms with Gasteiger partial charge >= 0.3 is 0 Å². The molecule has 2 N–H and O–H groups in total. The number of ether oxygens (including phenoxy) is 1. The molecule has 15 heavy (non-hydrogen) atoms. The molecule has 0 spiro atoms. The number of hydrogen-bond acceptors (Lipinski definition) is 4. The second kappa shape index (κ2) is 5.58. The van der Waals surface area contributed by atoms with Crippen LogP contribution in [0.1, 0.15) is 37.4 Å². The zero-order valence-electron chi connectivity index (χ0n) is 9.75. The molecule has 0 aliphatic carbocycles. The van der Waals surface area contributed by atoms with Crippen molar-refractivity contribution >= 4 is 11.3 Å². The van der Waals surface area contributed by atoms with Crippen molar-refractivity contribution in [2.24, 2.45) is 5.73 Å². The highest BCUT2D eigenvalue weighted by Crippen LogP contribution is 2.34. The van der Waals surface area contributed by atoms with Crippen LogP contribution in [-0.2, 0) is 16.8 Å². The van der Waals surface area contributed by atoms with E-state index in [1.165, 1.54) is 0 Å². The van der Waals surface area contributed by atoms with Gasteiger partial charge in [0.25, 0.3) is 0 Å². The van der Waals surface area contributed by atoms with E-state index in [1.807, 2.05) is 0 Å². The largest absolute Gasteiger partial charge is 0.371 e. The summed E-state index contributed by atoms with van der Waals surface area (Å²) in [6, 6.07) is 0. The topological polar surface area (TPSA) is 48.1 Å². The molecule has 86 valence electrons. The Hall–Kier alpha value is -0.450. The molecule has 0 aromatic carbocycles. The van der Waals surface area contributed by atoms with Crippen molar-refractivity contribution in [1.29, 1.82) is 0 Å². The molecule has 0 aliphatic rings. The van der Waals surface area contributed by atoms with Crippen LogP contribution < -0.4 is 5.73 Å². The molecule has 1 heterocycles. The first-order valence-electron chi connectivity index (χ1n) is 5.42. The van der Waals surface area contributed by atoms with Crippen LogP contribution in [-0.4, -0.2) is 18.6 Å². The maximum atomic E-state index is 5.63. The quantitative estimate of drug-likeness (QED) is 0.812. The average Bonchev–Trinajstić information content (AvgIpc) is 2.71. The van der Waals surface area contributed by atoms with Crippen LogP contribution >= 0.6 is 11.3 Å². The van der Waals surface area contributed by atoms with E-state index >= 15 is 0 Å². The van der Waals surface area contributed by atoms with Crippen LogP contribution in [0.2, 0.25) is 0 Å². The van der Waals surface area contributed by atoms with Gasteiger partial charge in [0.1, 0.15) is 10.6 Å². The summed E-state index contributed by atoms with van der Waals surface area (Å²) in [4.78, 5) is 4.60. The fraction of sp³-hybridized carbons (Fsp3) is 0.727. The maximum absolute atomic E-state index is 5.63. The molecular formula is C11H20N2OS. The third-order valence-electron chi connectivity index (χ3n) is 2.87. The van der Waals surface area contributed by atoms with Gasteiger partial charge in [0.05, 0.1) is 5.69 Å². The first kappa shape index (κ1) is 12.6. The molecular weight excluding hydrogens is 208 g/mol. The molecule has 0 saturated heterocycles. The van der Waals surface area contributed by atoms with Crippen molar-refractivity contribution in [1.82, 2.24) is 4.98 Å². The van der Waals surface area contributed by atoms with Crippen LogP contribution in [0, 0.1) is 0 Å². The smallest absolute Gasteiger partial charge is 0.125 e. The van der Waals surface area contributed by atoms with E-state index in [0.29, 0.717) is 6.54 Å². The number of methoxy groups -OCH3 is 1. The maximum Gasteiger partial charge on any atom is 0.125 e. The SMILES string of the molecule is CCC(CC)(OC)c1nc(CCN)cs1. The van der Waals surface area contributed by atoms with Crippen LogP contribution in [0.25, 0.3) is 0 Å². The van der Waals surface area contributed by atoms with Crippen molar-refractivity contribution in [3.05, 3.63) is 16.1 Å². The van der Waals surface area contributed by atoms with Crippen molar-refractivity contribution in [2.45, 2.75) is 38.7 Å². The Morgan fingerprint density at radius 1 is 1.47 bits per heavy atom. The molecule has 0 saturated carbocycles. The predicted octanol–water partition coefficient (Wildman–Crippen LogP) is 2.31. The number of aromatic nitrogens is 1. The van der Waals surface area contributed by atoms with Crippen molar-refractivity contribution in [3.63, 3.8) is 0 Å². The summed E-state index contributed by atoms with van der Waals surface area (Å²) in [5, 5.41) is 3.17. The standard InChI is InChI=1S/C11H20N2OS/c1-4-11(5-2,14-3)10-13-9(6-7-12)8-15-10/h8H,4-7,12H2,1-3H3. The van der Waals surface area contributed by atoms with E-state index in [9.17, 15) is 0 Å². The summed E-state index contributed by atoms with van der Waals surface area (Å²) in [5.41, 5.74) is 6.40. The van der Waals surface area contributed by atoms with E-state index in [4.69, 9.17) is 10.5 Å². The van der Waals surface area contributed by atoms with Crippen molar-refractivity contribution in [2.75, 3.05) is 13.7 Å². The Bertz CT molecular complexity index is 286. The monoisotopic (exact) mass is 228 g/mol. The molecule has 0 bridgehead atoms. The van der Waals surface area contributed by atoms with Gasteiger partial charge in [-0.25, -0.2) is 4.98 Å². The zero-order chi connectivity index (χ0) is 11.3. The number of nitrogens with zero attached hydrogens (tertiary/aromatic N) is 1. The third-order valence-corrected chi connectivity index (χ3v) is 3.95. The average molecular weight is 228 g/mol. The first-order valence-corrected chi connectivity index (χ1v) is 6.30. The lowest BCUT2D eigenvalue weighted by molar-refractivity contribution is -0.0219. The van der Waals surface area contributed by atoms with Gasteiger partial charge in [0, 0.05) is 18.9 Å². The third kappa shape index (κ3) is 2.56. The highest BCUT2D eigenvalue weighted by molar-refractivity contribution is 7.09. The summed E-state index contributed by atoms with van der Waals surface area (Å²) in [6.07, 6.45) is 2.76. The minimum atomic E-state index is -0.197. The van der Waals surface area contributed by atoms with Gasteiger partial charge in [-0.05, 0) is 19.4 Å². The van der Waals surface area contributed by atoms with Crippen LogP contribution in [0.4, 0.5) is 0 Å². The Morgan fingerprint density at radius 2 is 2.13 bits per heavy atom. The van der Waals surface area contributed by atoms with Gasteiger partial charge in [-0.15, -0.1) is 11.3 Å². The Kier molecular flexibility index (Phi) is 4.70. The summed E-state index contributed by atoms with van der Waals surface area (Å²) in [6.45, 7) is 4.93. The predicted molar refractivity (Wildman–Crippen MR) is 64.1 cm³/mol. The molecule has 1 aromatic rings. The summed E-state index contributed by atoms with van der Waals surface area (Å²) in [7, 11) is 1.76. The number of hydrogen-bond donors (Lipinski definition) is 1. The van der Waals surface area contributed by atoms with Crippen molar-refractivity contribution in [3.8, 4) is 0 Å². The van der Waals surface area contributed by atoms with Crippen molar-refractivity contribution < 1.29 is 4.74 Å². The molecule has 1 rings (SSSR count). The van der Waals surface area contributed by atoms with Gasteiger partial charge in [-0.3, -0.25) is 0 Å². The number of thiazole rings is 1. The Morgan fingerprint density at radius 3 is 2.60 bits per heavy atom. The molecule has 0 aliphatic heterocycles. The van der Waals surface area contributed by atoms with Crippen LogP contribution in [0.3, 0.4) is 0 Å². The molecule has 0 atom stereocenters. The van der Waals surface area contributed by atoms with E-state index in [2.05, 4.69) is 24.2 Å². The van der Waals surface area contributed by atoms with Crippen LogP contribution in [0.5, 0.6) is 0 Å². The summed E-state index contributed by atoms with van der Waals surface area (Å²) < 4.78 is 5.63. The van der Waals surface area contributed by atoms with E-state index < -0.39 is 0 Å². The summed E-state index contributed by atoms with van der Waals surface area (Å²) in [5.74, 6) is 0. The molecule has 1 aromatic heterocycles. The number of nitrogens with two attached hydrogens (primary N) is 1. The number of rotatable bonds is 6. The lowest BCUT2D eigenvalue weighted by Gasteiger charge is -2.27. The lowest BCUT2D eigenvalue weighted by Crippen LogP contribution is -2.26. The van der Waals surface area contributed by atoms with Gasteiger partial charge in [0.15, 0.2) is 0 Å². The van der Waals surface area contributed by atoms with Gasteiger partial charge in [-0.2, -0.15) is 0 Å². The normalized spacial score (nSPS) is 12.0. The molecule has 3 nitrogen and oxygen atoms in total. The van der Waals surface area contributed by atoms with Gasteiger partial charge < -0.3 is 10.5 Å². The molecule has 0 radical (unpaired) electrons. The van der Waals surface area contributed by atoms with E-state index in [-0.39, 0.29) is 5.60 Å². The van der Waals surface area contributed by atoms with Gasteiger partial charge in [-0.1, -0.05) is 13.8 Å². The molecule has 0 fully saturated rings. The minimum Gasteiger partial charge on any atom is -0.371 e. The highest BCUT2D eigenvalue weighted by Gasteiger charge is 2.31.